The highest BCUT2D eigenvalue weighted by Gasteiger charge is 2.22. The van der Waals surface area contributed by atoms with Crippen molar-refractivity contribution < 1.29 is 14.7 Å². The van der Waals surface area contributed by atoms with Crippen LogP contribution >= 0.6 is 11.6 Å². The normalized spacial score (nSPS) is 11.7. The van der Waals surface area contributed by atoms with Crippen molar-refractivity contribution in [1.82, 2.24) is 20.3 Å². The van der Waals surface area contributed by atoms with E-state index in [-0.39, 0.29) is 23.1 Å². The number of carboxylic acid groups (broad SMARTS) is 1. The van der Waals surface area contributed by atoms with Crippen LogP contribution in [0.3, 0.4) is 0 Å². The zero-order valence-electron chi connectivity index (χ0n) is 21.8. The lowest BCUT2D eigenvalue weighted by Gasteiger charge is -2.19. The molecule has 0 spiro atoms. The molecule has 0 bridgehead atoms. The number of benzene rings is 3. The van der Waals surface area contributed by atoms with E-state index < -0.39 is 5.97 Å². The van der Waals surface area contributed by atoms with Crippen molar-refractivity contribution in [3.63, 3.8) is 0 Å². The third-order valence-corrected chi connectivity index (χ3v) is 7.00. The zero-order chi connectivity index (χ0) is 28.1. The average Bonchev–Trinajstić information content (AvgIpc) is 3.48. The van der Waals surface area contributed by atoms with E-state index in [1.54, 1.807) is 42.9 Å². The van der Waals surface area contributed by atoms with Gasteiger partial charge in [0.15, 0.2) is 0 Å². The molecule has 1 amide bonds. The van der Waals surface area contributed by atoms with Crippen molar-refractivity contribution in [3.8, 4) is 33.8 Å². The Hall–Kier alpha value is -4.75. The van der Waals surface area contributed by atoms with Gasteiger partial charge in [0.25, 0.3) is 5.91 Å². The van der Waals surface area contributed by atoms with Gasteiger partial charge in [-0.3, -0.25) is 9.78 Å². The van der Waals surface area contributed by atoms with Crippen LogP contribution in [-0.4, -0.2) is 31.9 Å². The van der Waals surface area contributed by atoms with Gasteiger partial charge < -0.3 is 15.4 Å². The van der Waals surface area contributed by atoms with Gasteiger partial charge in [-0.15, -0.1) is 0 Å². The number of hydrogen-bond acceptors (Lipinski definition) is 4. The number of carbonyl (C=O) groups is 2. The fraction of sp³-hybridized carbons (Fsp3) is 0.125. The fourth-order valence-electron chi connectivity index (χ4n) is 4.74. The van der Waals surface area contributed by atoms with E-state index in [2.05, 4.69) is 27.2 Å². The van der Waals surface area contributed by atoms with Crippen LogP contribution in [0.2, 0.25) is 5.02 Å². The van der Waals surface area contributed by atoms with Gasteiger partial charge in [0.2, 0.25) is 0 Å². The Bertz CT molecular complexity index is 1650. The number of aromatic amines is 1. The van der Waals surface area contributed by atoms with E-state index in [1.165, 1.54) is 6.07 Å². The van der Waals surface area contributed by atoms with Crippen LogP contribution in [0.5, 0.6) is 0 Å². The number of carbonyl (C=O) groups excluding carboxylic acids is 1. The number of H-pyrrole nitrogens is 1. The van der Waals surface area contributed by atoms with Crippen molar-refractivity contribution in [2.45, 2.75) is 25.8 Å². The highest BCUT2D eigenvalue weighted by molar-refractivity contribution is 6.34. The molecule has 0 aliphatic heterocycles. The van der Waals surface area contributed by atoms with Gasteiger partial charge in [0, 0.05) is 39.7 Å². The third-order valence-electron chi connectivity index (χ3n) is 6.68. The molecule has 40 heavy (non-hydrogen) atoms. The van der Waals surface area contributed by atoms with Crippen molar-refractivity contribution in [2.75, 3.05) is 0 Å². The van der Waals surface area contributed by atoms with E-state index in [4.69, 9.17) is 11.6 Å². The average molecular weight is 551 g/mol. The fourth-order valence-corrected chi connectivity index (χ4v) is 5.02. The number of nitrogens with zero attached hydrogens (tertiary/aromatic N) is 2. The van der Waals surface area contributed by atoms with Gasteiger partial charge >= 0.3 is 5.97 Å². The van der Waals surface area contributed by atoms with E-state index in [0.29, 0.717) is 27.5 Å². The maximum Gasteiger partial charge on any atom is 0.336 e. The largest absolute Gasteiger partial charge is 0.478 e. The number of carboxylic acids is 1. The number of hydrogen-bond donors (Lipinski definition) is 3. The molecule has 0 saturated carbocycles. The van der Waals surface area contributed by atoms with E-state index in [1.807, 2.05) is 48.5 Å². The van der Waals surface area contributed by atoms with Crippen LogP contribution in [0.4, 0.5) is 0 Å². The molecule has 5 aromatic rings. The Kier molecular flexibility index (Phi) is 8.03. The molecular formula is C32H27ClN4O3. The second-order valence-electron chi connectivity index (χ2n) is 9.34. The number of nitrogens with one attached hydrogen (secondary N) is 2. The Morgan fingerprint density at radius 2 is 1.80 bits per heavy atom. The number of pyridine rings is 1. The predicted octanol–water partition coefficient (Wildman–Crippen LogP) is 7.43. The van der Waals surface area contributed by atoms with Gasteiger partial charge in [-0.1, -0.05) is 73.5 Å². The third kappa shape index (κ3) is 5.65. The minimum Gasteiger partial charge on any atom is -0.478 e. The summed E-state index contributed by atoms with van der Waals surface area (Å²) in [6.07, 6.45) is 6.75. The van der Waals surface area contributed by atoms with Crippen LogP contribution in [-0.2, 0) is 0 Å². The van der Waals surface area contributed by atoms with Crippen LogP contribution in [0.15, 0.2) is 97.5 Å². The van der Waals surface area contributed by atoms with Crippen molar-refractivity contribution in [2.24, 2.45) is 0 Å². The van der Waals surface area contributed by atoms with Gasteiger partial charge in [-0.2, -0.15) is 0 Å². The maximum atomic E-state index is 13.3. The zero-order valence-corrected chi connectivity index (χ0v) is 22.5. The maximum absolute atomic E-state index is 13.3. The summed E-state index contributed by atoms with van der Waals surface area (Å²) in [5.41, 5.74) is 4.37. The summed E-state index contributed by atoms with van der Waals surface area (Å²) in [4.78, 5) is 37.7. The molecule has 2 aromatic heterocycles. The van der Waals surface area contributed by atoms with E-state index >= 15 is 0 Å². The molecule has 0 fully saturated rings. The first-order chi connectivity index (χ1) is 19.5. The molecule has 0 unspecified atom stereocenters. The number of halogens is 1. The van der Waals surface area contributed by atoms with Gasteiger partial charge in [-0.25, -0.2) is 9.78 Å². The number of rotatable bonds is 9. The topological polar surface area (TPSA) is 108 Å². The first kappa shape index (κ1) is 26.8. The van der Waals surface area contributed by atoms with Crippen molar-refractivity contribution in [3.05, 3.63) is 119 Å². The highest BCUT2D eigenvalue weighted by atomic mass is 35.5. The second-order valence-corrected chi connectivity index (χ2v) is 9.75. The smallest absolute Gasteiger partial charge is 0.336 e. The van der Waals surface area contributed by atoms with Gasteiger partial charge in [0.05, 0.1) is 23.5 Å². The Labute approximate surface area is 236 Å². The first-order valence-electron chi connectivity index (χ1n) is 12.9. The molecule has 0 radical (unpaired) electrons. The number of aromatic carboxylic acids is 1. The molecule has 0 saturated heterocycles. The molecule has 3 aromatic carbocycles. The molecule has 1 atom stereocenters. The van der Waals surface area contributed by atoms with E-state index in [9.17, 15) is 14.7 Å². The highest BCUT2D eigenvalue weighted by Crippen LogP contribution is 2.39. The molecule has 5 rings (SSSR count). The molecule has 3 N–H and O–H groups in total. The summed E-state index contributed by atoms with van der Waals surface area (Å²) in [6.45, 7) is 2.05. The minimum atomic E-state index is -1.17. The monoisotopic (exact) mass is 550 g/mol. The molecule has 200 valence electrons. The SMILES string of the molecule is CCC[C@@H](NC(=O)c1ccc(-c2c(Cl)cccc2-c2ncc(-c3cccnc3)[nH]2)c(C(=O)O)c1)c1ccccc1. The van der Waals surface area contributed by atoms with Crippen LogP contribution < -0.4 is 5.32 Å². The quantitative estimate of drug-likeness (QED) is 0.177. The number of imidazole rings is 1. The number of aromatic nitrogens is 3. The summed E-state index contributed by atoms with van der Waals surface area (Å²) in [7, 11) is 0. The van der Waals surface area contributed by atoms with Gasteiger partial charge in [0.1, 0.15) is 5.82 Å². The van der Waals surface area contributed by atoms with Crippen LogP contribution in [0, 0.1) is 0 Å². The van der Waals surface area contributed by atoms with Crippen LogP contribution in [0.1, 0.15) is 52.1 Å². The number of amides is 1. The van der Waals surface area contributed by atoms with Crippen molar-refractivity contribution in [1.29, 1.82) is 0 Å². The summed E-state index contributed by atoms with van der Waals surface area (Å²) in [6, 6.07) is 23.3. The first-order valence-corrected chi connectivity index (χ1v) is 13.3. The Morgan fingerprint density at radius 1 is 0.975 bits per heavy atom. The van der Waals surface area contributed by atoms with Crippen LogP contribution in [0.25, 0.3) is 33.8 Å². The Balaban J connectivity index is 1.52. The molecule has 7 nitrogen and oxygen atoms in total. The Morgan fingerprint density at radius 3 is 2.52 bits per heavy atom. The minimum absolute atomic E-state index is 0.0345. The molecule has 8 heteroatoms. The molecular weight excluding hydrogens is 524 g/mol. The summed E-state index contributed by atoms with van der Waals surface area (Å²) >= 11 is 6.66. The summed E-state index contributed by atoms with van der Waals surface area (Å²) in [5.74, 6) is -0.984. The van der Waals surface area contributed by atoms with Crippen molar-refractivity contribution >= 4 is 23.5 Å². The summed E-state index contributed by atoms with van der Waals surface area (Å²) < 4.78 is 0. The lowest BCUT2D eigenvalue weighted by Crippen LogP contribution is -2.28. The molecule has 2 heterocycles. The predicted molar refractivity (Wildman–Crippen MR) is 156 cm³/mol. The van der Waals surface area contributed by atoms with E-state index in [0.717, 1.165) is 29.7 Å². The lowest BCUT2D eigenvalue weighted by atomic mass is 9.93. The standard InChI is InChI=1S/C32H27ClN4O3/c1-2-8-27(20-9-4-3-5-10-20)37-31(38)21-14-15-23(25(17-21)32(39)40)29-24(12-6-13-26(29)33)30-35-19-28(36-30)22-11-7-16-34-18-22/h3-7,9-19,27H,2,8H2,1H3,(H,35,36)(H,37,38)(H,39,40)/t27-/m1/s1. The lowest BCUT2D eigenvalue weighted by molar-refractivity contribution is 0.0697. The summed E-state index contributed by atoms with van der Waals surface area (Å²) in [5, 5.41) is 13.6. The van der Waals surface area contributed by atoms with Gasteiger partial charge in [-0.05, 0) is 47.9 Å². The molecule has 0 aliphatic carbocycles. The second kappa shape index (κ2) is 12.0. The molecule has 0 aliphatic rings.